The molecule has 5 rings (SSSR count). The van der Waals surface area contributed by atoms with Crippen LogP contribution in [0.5, 0.6) is 17.2 Å². The molecule has 0 spiro atoms. The molecule has 0 aliphatic heterocycles. The Balaban J connectivity index is 1.15. The topological polar surface area (TPSA) is 142 Å². The number of hydrogen-bond donors (Lipinski definition) is 2. The van der Waals surface area contributed by atoms with E-state index in [1.54, 1.807) is 53.8 Å². The standard InChI is InChI=1S/C49H63N3O9S/c1-3-5-6-14-31-52(51-44-19-12-13-20-45(44)62)50-35-38-34-42(61-47(54)36-17-10-9-11-18-36)29-30-43(38)49(56)60-40-23-21-37(22-24-40)48(55)59-41-27-25-39(26-28-41)57-32-15-7-8-16-33-58-46(53)4-2/h4,12-13,19-20,25-30,34-37,40,51,62H,2-3,5-11,14-18,21-24,31-33H2,1H3/b50-35+/t37-,40-. The summed E-state index contributed by atoms with van der Waals surface area (Å²) in [5, 5.41) is 6.51. The van der Waals surface area contributed by atoms with Crippen molar-refractivity contribution < 1.29 is 42.9 Å². The van der Waals surface area contributed by atoms with Crippen molar-refractivity contribution in [3.05, 3.63) is 90.5 Å². The number of ether oxygens (including phenoxy) is 5. The third-order valence-electron chi connectivity index (χ3n) is 11.2. The quantitative estimate of drug-likeness (QED) is 0.0169. The van der Waals surface area contributed by atoms with Crippen LogP contribution in [0, 0.1) is 11.8 Å². The molecule has 2 saturated carbocycles. The molecule has 0 saturated heterocycles. The third-order valence-corrected chi connectivity index (χ3v) is 11.5. The molecule has 3 aromatic rings. The van der Waals surface area contributed by atoms with Crippen LogP contribution in [0.4, 0.5) is 5.69 Å². The number of nitrogens with one attached hydrogen (secondary N) is 1. The zero-order valence-corrected chi connectivity index (χ0v) is 37.0. The fraction of sp³-hybridized carbons (Fsp3) is 0.490. The van der Waals surface area contributed by atoms with E-state index in [2.05, 4.69) is 31.6 Å². The minimum atomic E-state index is -0.514. The Kier molecular flexibility index (Phi) is 20.2. The van der Waals surface area contributed by atoms with E-state index in [1.807, 2.05) is 24.3 Å². The molecule has 0 aromatic heterocycles. The van der Waals surface area contributed by atoms with E-state index in [1.165, 1.54) is 0 Å². The molecule has 334 valence electrons. The van der Waals surface area contributed by atoms with Gasteiger partial charge in [-0.2, -0.15) is 5.10 Å². The van der Waals surface area contributed by atoms with E-state index in [0.29, 0.717) is 73.8 Å². The van der Waals surface area contributed by atoms with Crippen LogP contribution < -0.4 is 19.6 Å². The lowest BCUT2D eigenvalue weighted by atomic mass is 9.87. The number of hydrogen-bond acceptors (Lipinski definition) is 13. The van der Waals surface area contributed by atoms with Crippen molar-refractivity contribution >= 4 is 48.4 Å². The molecular weight excluding hydrogens is 807 g/mol. The van der Waals surface area contributed by atoms with E-state index in [-0.39, 0.29) is 29.9 Å². The summed E-state index contributed by atoms with van der Waals surface area (Å²) in [7, 11) is 0. The predicted octanol–water partition coefficient (Wildman–Crippen LogP) is 10.7. The molecule has 0 heterocycles. The molecule has 0 bridgehead atoms. The van der Waals surface area contributed by atoms with Crippen LogP contribution in [0.3, 0.4) is 0 Å². The zero-order valence-electron chi connectivity index (χ0n) is 36.1. The van der Waals surface area contributed by atoms with Crippen molar-refractivity contribution in [2.24, 2.45) is 16.9 Å². The van der Waals surface area contributed by atoms with Gasteiger partial charge in [-0.1, -0.05) is 64.2 Å². The van der Waals surface area contributed by atoms with Gasteiger partial charge < -0.3 is 23.7 Å². The Hall–Kier alpha value is -5.30. The molecule has 0 radical (unpaired) electrons. The molecule has 0 atom stereocenters. The Morgan fingerprint density at radius 1 is 0.758 bits per heavy atom. The Bertz CT molecular complexity index is 1920. The van der Waals surface area contributed by atoms with Crippen LogP contribution in [0.2, 0.25) is 0 Å². The normalized spacial score (nSPS) is 16.5. The molecule has 2 aliphatic rings. The van der Waals surface area contributed by atoms with E-state index in [4.69, 9.17) is 28.8 Å². The van der Waals surface area contributed by atoms with Crippen molar-refractivity contribution in [2.45, 2.75) is 127 Å². The van der Waals surface area contributed by atoms with Crippen LogP contribution in [0.1, 0.15) is 132 Å². The summed E-state index contributed by atoms with van der Waals surface area (Å²) in [6.07, 6.45) is 16.9. The van der Waals surface area contributed by atoms with Gasteiger partial charge in [0.25, 0.3) is 0 Å². The first-order chi connectivity index (χ1) is 30.2. The van der Waals surface area contributed by atoms with Crippen LogP contribution in [-0.2, 0) is 23.9 Å². The fourth-order valence-corrected chi connectivity index (χ4v) is 7.73. The van der Waals surface area contributed by atoms with Crippen molar-refractivity contribution in [3.63, 3.8) is 0 Å². The number of hydrazone groups is 1. The van der Waals surface area contributed by atoms with Crippen LogP contribution >= 0.6 is 12.6 Å². The third kappa shape index (κ3) is 16.2. The molecule has 12 nitrogen and oxygen atoms in total. The fourth-order valence-electron chi connectivity index (χ4n) is 7.52. The number of hydrazine groups is 1. The van der Waals surface area contributed by atoms with E-state index in [9.17, 15) is 19.2 Å². The minimum Gasteiger partial charge on any atom is -0.494 e. The van der Waals surface area contributed by atoms with Gasteiger partial charge in [-0.15, -0.1) is 12.6 Å². The van der Waals surface area contributed by atoms with Gasteiger partial charge in [-0.3, -0.25) is 15.0 Å². The number of rotatable bonds is 24. The van der Waals surface area contributed by atoms with Crippen LogP contribution in [0.25, 0.3) is 0 Å². The highest BCUT2D eigenvalue weighted by atomic mass is 32.1. The second-order valence-electron chi connectivity index (χ2n) is 16.0. The predicted molar refractivity (Wildman–Crippen MR) is 243 cm³/mol. The van der Waals surface area contributed by atoms with E-state index in [0.717, 1.165) is 100 Å². The minimum absolute atomic E-state index is 0.135. The van der Waals surface area contributed by atoms with Gasteiger partial charge in [-0.25, -0.2) is 14.7 Å². The molecule has 2 aliphatic carbocycles. The van der Waals surface area contributed by atoms with Gasteiger partial charge >= 0.3 is 23.9 Å². The maximum absolute atomic E-state index is 13.8. The second kappa shape index (κ2) is 26.2. The summed E-state index contributed by atoms with van der Waals surface area (Å²) in [6.45, 7) is 7.11. The molecule has 0 amide bonds. The van der Waals surface area contributed by atoms with E-state index < -0.39 is 11.9 Å². The molecule has 0 unspecified atom stereocenters. The largest absolute Gasteiger partial charge is 0.494 e. The average Bonchev–Trinajstić information content (AvgIpc) is 3.29. The first-order valence-corrected chi connectivity index (χ1v) is 22.8. The molecular formula is C49H63N3O9S. The van der Waals surface area contributed by atoms with Crippen molar-refractivity contribution in [1.82, 2.24) is 5.12 Å². The SMILES string of the molecule is C=CC(=O)OCCCCCCOc1ccc(OC(=O)[C@H]2CC[C@H](OC(=O)c3ccc(OC(=O)C4CCCCC4)cc3/C=N/N(CCCCCC)Nc3ccccc3S)CC2)cc1. The van der Waals surface area contributed by atoms with Crippen molar-refractivity contribution in [1.29, 1.82) is 0 Å². The van der Waals surface area contributed by atoms with Crippen molar-refractivity contribution in [2.75, 3.05) is 25.2 Å². The van der Waals surface area contributed by atoms with Gasteiger partial charge in [0, 0.05) is 16.5 Å². The number of unbranched alkanes of at least 4 members (excludes halogenated alkanes) is 6. The first-order valence-electron chi connectivity index (χ1n) is 22.4. The smallest absolute Gasteiger partial charge is 0.339 e. The van der Waals surface area contributed by atoms with Gasteiger partial charge in [0.2, 0.25) is 0 Å². The zero-order chi connectivity index (χ0) is 43.9. The Morgan fingerprint density at radius 3 is 2.11 bits per heavy atom. The number of para-hydroxylation sites is 1. The number of nitrogens with zero attached hydrogens (tertiary/aromatic N) is 2. The van der Waals surface area contributed by atoms with Crippen molar-refractivity contribution in [3.8, 4) is 17.2 Å². The monoisotopic (exact) mass is 869 g/mol. The number of esters is 4. The maximum atomic E-state index is 13.8. The summed E-state index contributed by atoms with van der Waals surface area (Å²) in [4.78, 5) is 51.9. The summed E-state index contributed by atoms with van der Waals surface area (Å²) < 4.78 is 28.4. The summed E-state index contributed by atoms with van der Waals surface area (Å²) in [6, 6.07) is 19.6. The lowest BCUT2D eigenvalue weighted by Crippen LogP contribution is -2.30. The number of carbonyl (C=O) groups is 4. The van der Waals surface area contributed by atoms with Gasteiger partial charge in [0.15, 0.2) is 0 Å². The Morgan fingerprint density at radius 2 is 1.40 bits per heavy atom. The second-order valence-corrected chi connectivity index (χ2v) is 16.4. The van der Waals surface area contributed by atoms with Gasteiger partial charge in [0.1, 0.15) is 23.4 Å². The van der Waals surface area contributed by atoms with Gasteiger partial charge in [-0.05, 0) is 125 Å². The summed E-state index contributed by atoms with van der Waals surface area (Å²) in [5.41, 5.74) is 4.90. The summed E-state index contributed by atoms with van der Waals surface area (Å²) in [5.74, 6) is -0.464. The van der Waals surface area contributed by atoms with Crippen LogP contribution in [0.15, 0.2) is 89.4 Å². The molecule has 3 aromatic carbocycles. The molecule has 13 heteroatoms. The summed E-state index contributed by atoms with van der Waals surface area (Å²) >= 11 is 4.61. The van der Waals surface area contributed by atoms with Gasteiger partial charge in [0.05, 0.1) is 49.1 Å². The molecule has 1 N–H and O–H groups in total. The maximum Gasteiger partial charge on any atom is 0.339 e. The highest BCUT2D eigenvalue weighted by molar-refractivity contribution is 7.80. The average molecular weight is 870 g/mol. The lowest BCUT2D eigenvalue weighted by Gasteiger charge is -2.27. The van der Waals surface area contributed by atoms with E-state index >= 15 is 0 Å². The number of thiol groups is 1. The number of anilines is 1. The highest BCUT2D eigenvalue weighted by Crippen LogP contribution is 2.31. The highest BCUT2D eigenvalue weighted by Gasteiger charge is 2.31. The van der Waals surface area contributed by atoms with Crippen LogP contribution in [-0.4, -0.2) is 61.1 Å². The lowest BCUT2D eigenvalue weighted by molar-refractivity contribution is -0.141. The molecule has 2 fully saturated rings. The number of benzene rings is 3. The first kappa shape index (κ1) is 47.7. The number of carbonyl (C=O) groups excluding carboxylic acids is 4. The molecule has 62 heavy (non-hydrogen) atoms. The Labute approximate surface area is 372 Å².